The van der Waals surface area contributed by atoms with Crippen LogP contribution >= 0.6 is 0 Å². The molecule has 7 nitrogen and oxygen atoms in total. The summed E-state index contributed by atoms with van der Waals surface area (Å²) in [6.45, 7) is 3.53. The first-order valence-corrected chi connectivity index (χ1v) is 13.8. The Hall–Kier alpha value is -2.39. The molecule has 1 N–H and O–H groups in total. The quantitative estimate of drug-likeness (QED) is 0.237. The Morgan fingerprint density at radius 1 is 1.05 bits per heavy atom. The van der Waals surface area contributed by atoms with Gasteiger partial charge in [-0.15, -0.1) is 0 Å². The lowest BCUT2D eigenvalue weighted by Crippen LogP contribution is -2.48. The Kier molecular flexibility index (Phi) is 11.9. The van der Waals surface area contributed by atoms with E-state index in [1.807, 2.05) is 4.90 Å². The van der Waals surface area contributed by atoms with Crippen LogP contribution in [0.1, 0.15) is 89.5 Å². The number of unbranched alkanes of at least 4 members (excludes halogenated alkanes) is 8. The fourth-order valence-corrected chi connectivity index (χ4v) is 5.05. The maximum atomic E-state index is 14.6. The number of hydrogen-bond donors (Lipinski definition) is 1. The Morgan fingerprint density at radius 2 is 1.73 bits per heavy atom. The van der Waals surface area contributed by atoms with Crippen molar-refractivity contribution >= 4 is 5.97 Å². The van der Waals surface area contributed by atoms with Crippen LogP contribution in [-0.2, 0) is 21.7 Å². The maximum absolute atomic E-state index is 14.6. The fourth-order valence-electron chi connectivity index (χ4n) is 5.05. The van der Waals surface area contributed by atoms with Crippen LogP contribution in [0, 0.1) is 11.6 Å². The van der Waals surface area contributed by atoms with Gasteiger partial charge in [-0.25, -0.2) is 18.4 Å². The molecule has 1 atom stereocenters. The van der Waals surface area contributed by atoms with E-state index in [4.69, 9.17) is 4.74 Å². The van der Waals surface area contributed by atoms with Crippen molar-refractivity contribution in [2.45, 2.75) is 102 Å². The average Bonchev–Trinajstić information content (AvgIpc) is 3.36. The number of halogens is 2. The summed E-state index contributed by atoms with van der Waals surface area (Å²) in [5.74, 6) is -1.64. The second kappa shape index (κ2) is 15.1. The van der Waals surface area contributed by atoms with Crippen molar-refractivity contribution < 1.29 is 23.4 Å². The van der Waals surface area contributed by atoms with Crippen LogP contribution in [0.5, 0.6) is 0 Å². The summed E-state index contributed by atoms with van der Waals surface area (Å²) in [5.41, 5.74) is -1.62. The molecule has 0 radical (unpaired) electrons. The predicted molar refractivity (Wildman–Crippen MR) is 138 cm³/mol. The van der Waals surface area contributed by atoms with E-state index in [2.05, 4.69) is 17.0 Å². The highest BCUT2D eigenvalue weighted by Gasteiger charge is 2.37. The number of likely N-dealkylation sites (tertiary alicyclic amines) is 1. The zero-order chi connectivity index (χ0) is 26.5. The number of carbonyl (C=O) groups excluding carboxylic acids is 1. The molecule has 0 aliphatic carbocycles. The van der Waals surface area contributed by atoms with Crippen LogP contribution in [0.3, 0.4) is 0 Å². The van der Waals surface area contributed by atoms with Crippen molar-refractivity contribution in [1.82, 2.24) is 19.7 Å². The molecule has 0 bridgehead atoms. The van der Waals surface area contributed by atoms with E-state index in [1.165, 1.54) is 68.3 Å². The normalized spacial score (nSPS) is 16.5. The van der Waals surface area contributed by atoms with Gasteiger partial charge in [0.2, 0.25) is 0 Å². The number of esters is 1. The first-order valence-electron chi connectivity index (χ1n) is 13.8. The van der Waals surface area contributed by atoms with Crippen LogP contribution in [0.15, 0.2) is 30.9 Å². The number of aliphatic hydroxyl groups is 1. The Balaban J connectivity index is 1.41. The van der Waals surface area contributed by atoms with Crippen molar-refractivity contribution in [2.75, 3.05) is 19.6 Å². The first kappa shape index (κ1) is 29.2. The van der Waals surface area contributed by atoms with E-state index in [0.717, 1.165) is 25.0 Å². The number of aromatic nitrogens is 3. The van der Waals surface area contributed by atoms with E-state index in [0.29, 0.717) is 32.4 Å². The average molecular weight is 521 g/mol. The molecule has 2 heterocycles. The van der Waals surface area contributed by atoms with Gasteiger partial charge in [0.25, 0.3) is 0 Å². The molecule has 3 rings (SSSR count). The van der Waals surface area contributed by atoms with Gasteiger partial charge in [0, 0.05) is 37.7 Å². The molecule has 0 spiro atoms. The second-order valence-corrected chi connectivity index (χ2v) is 10.3. The zero-order valence-corrected chi connectivity index (χ0v) is 22.1. The first-order chi connectivity index (χ1) is 17.9. The number of hydrogen-bond acceptors (Lipinski definition) is 6. The summed E-state index contributed by atoms with van der Waals surface area (Å²) < 4.78 is 35.3. The topological polar surface area (TPSA) is 80.5 Å². The van der Waals surface area contributed by atoms with Crippen LogP contribution in [-0.4, -0.2) is 56.5 Å². The summed E-state index contributed by atoms with van der Waals surface area (Å²) in [6, 6.07) is 3.20. The van der Waals surface area contributed by atoms with Gasteiger partial charge in [0.1, 0.15) is 36.0 Å². The SMILES string of the molecule is CCCCCCCCCCCC(=O)OC1CCN(CC(O)(Cn2cncn2)c2ccc(F)cc2F)CC1. The van der Waals surface area contributed by atoms with Gasteiger partial charge in [-0.2, -0.15) is 5.10 Å². The number of rotatable bonds is 16. The summed E-state index contributed by atoms with van der Waals surface area (Å²) >= 11 is 0. The molecule has 2 aromatic rings. The molecule has 1 aliphatic heterocycles. The molecule has 1 unspecified atom stereocenters. The van der Waals surface area contributed by atoms with Crippen molar-refractivity contribution in [3.63, 3.8) is 0 Å². The number of β-amino-alcohol motifs (C(OH)–C–C–N with tert-alkyl or cyclic N) is 1. The van der Waals surface area contributed by atoms with Crippen molar-refractivity contribution in [1.29, 1.82) is 0 Å². The van der Waals surface area contributed by atoms with E-state index in [1.54, 1.807) is 0 Å². The lowest BCUT2D eigenvalue weighted by molar-refractivity contribution is -0.152. The third kappa shape index (κ3) is 9.78. The summed E-state index contributed by atoms with van der Waals surface area (Å²) in [6.07, 6.45) is 15.2. The molecule has 9 heteroatoms. The predicted octanol–water partition coefficient (Wildman–Crippen LogP) is 5.37. The van der Waals surface area contributed by atoms with Crippen LogP contribution in [0.4, 0.5) is 8.78 Å². The van der Waals surface area contributed by atoms with E-state index < -0.39 is 17.2 Å². The van der Waals surface area contributed by atoms with Crippen molar-refractivity contribution in [3.8, 4) is 0 Å². The number of piperidine rings is 1. The zero-order valence-electron chi connectivity index (χ0n) is 22.1. The number of carbonyl (C=O) groups is 1. The van der Waals surface area contributed by atoms with Gasteiger partial charge in [-0.1, -0.05) is 64.4 Å². The highest BCUT2D eigenvalue weighted by atomic mass is 19.1. The molecular weight excluding hydrogens is 478 g/mol. The van der Waals surface area contributed by atoms with Crippen LogP contribution in [0.25, 0.3) is 0 Å². The molecule has 1 aromatic heterocycles. The van der Waals surface area contributed by atoms with Gasteiger partial charge < -0.3 is 9.84 Å². The lowest BCUT2D eigenvalue weighted by Gasteiger charge is -2.38. The molecule has 0 amide bonds. The maximum Gasteiger partial charge on any atom is 0.306 e. The Morgan fingerprint density at radius 3 is 2.35 bits per heavy atom. The van der Waals surface area contributed by atoms with Gasteiger partial charge >= 0.3 is 5.97 Å². The molecular formula is C28H42F2N4O3. The number of benzene rings is 1. The summed E-state index contributed by atoms with van der Waals surface area (Å²) in [7, 11) is 0. The summed E-state index contributed by atoms with van der Waals surface area (Å²) in [4.78, 5) is 18.2. The highest BCUT2D eigenvalue weighted by molar-refractivity contribution is 5.69. The lowest BCUT2D eigenvalue weighted by atomic mass is 9.91. The van der Waals surface area contributed by atoms with E-state index in [-0.39, 0.29) is 30.7 Å². The van der Waals surface area contributed by atoms with E-state index in [9.17, 15) is 18.7 Å². The minimum atomic E-state index is -1.63. The molecule has 206 valence electrons. The van der Waals surface area contributed by atoms with Crippen molar-refractivity contribution in [3.05, 3.63) is 48.1 Å². The third-order valence-electron chi connectivity index (χ3n) is 7.12. The Labute approximate surface area is 219 Å². The fraction of sp³-hybridized carbons (Fsp3) is 0.679. The molecule has 1 saturated heterocycles. The molecule has 1 aromatic carbocycles. The highest BCUT2D eigenvalue weighted by Crippen LogP contribution is 2.29. The van der Waals surface area contributed by atoms with Gasteiger partial charge in [0.05, 0.1) is 6.54 Å². The van der Waals surface area contributed by atoms with Gasteiger partial charge in [-0.3, -0.25) is 9.69 Å². The third-order valence-corrected chi connectivity index (χ3v) is 7.12. The van der Waals surface area contributed by atoms with Crippen LogP contribution < -0.4 is 0 Å². The standard InChI is InChI=1S/C28H42F2N4O3/c1-2-3-4-5-6-7-8-9-10-11-27(35)37-24-14-16-33(17-15-24)19-28(36,20-34-22-31-21-32-34)25-13-12-23(29)18-26(25)30/h12-13,18,21-22,24,36H,2-11,14-17,19-20H2,1H3. The molecule has 1 fully saturated rings. The second-order valence-electron chi connectivity index (χ2n) is 10.3. The number of ether oxygens (including phenoxy) is 1. The van der Waals surface area contributed by atoms with Gasteiger partial charge in [-0.05, 0) is 25.3 Å². The van der Waals surface area contributed by atoms with Crippen LogP contribution in [0.2, 0.25) is 0 Å². The monoisotopic (exact) mass is 520 g/mol. The molecule has 0 saturated carbocycles. The smallest absolute Gasteiger partial charge is 0.306 e. The largest absolute Gasteiger partial charge is 0.462 e. The molecule has 1 aliphatic rings. The van der Waals surface area contributed by atoms with E-state index >= 15 is 0 Å². The Bertz CT molecular complexity index is 936. The molecule has 37 heavy (non-hydrogen) atoms. The minimum absolute atomic E-state index is 0.0129. The number of nitrogens with zero attached hydrogens (tertiary/aromatic N) is 4. The minimum Gasteiger partial charge on any atom is -0.462 e. The van der Waals surface area contributed by atoms with Gasteiger partial charge in [0.15, 0.2) is 0 Å². The van der Waals surface area contributed by atoms with Crippen molar-refractivity contribution in [2.24, 2.45) is 0 Å². The summed E-state index contributed by atoms with van der Waals surface area (Å²) in [5, 5.41) is 15.6.